The van der Waals surface area contributed by atoms with E-state index in [2.05, 4.69) is 4.98 Å². The van der Waals surface area contributed by atoms with Crippen molar-refractivity contribution < 1.29 is 9.50 Å². The molecule has 0 bridgehead atoms. The number of H-pyrrole nitrogens is 1. The van der Waals surface area contributed by atoms with Crippen LogP contribution in [0.2, 0.25) is 0 Å². The fourth-order valence-corrected chi connectivity index (χ4v) is 1.96. The summed E-state index contributed by atoms with van der Waals surface area (Å²) in [6.07, 6.45) is 0. The number of fused-ring (bicyclic) bond motifs is 1. The number of aromatic amines is 1. The number of hydrogen-bond donors (Lipinski definition) is 2. The van der Waals surface area contributed by atoms with E-state index in [1.807, 2.05) is 0 Å². The molecule has 3 rings (SSSR count). The van der Waals surface area contributed by atoms with Gasteiger partial charge in [-0.25, -0.2) is 9.18 Å². The van der Waals surface area contributed by atoms with Gasteiger partial charge in [-0.15, -0.1) is 0 Å². The van der Waals surface area contributed by atoms with Crippen LogP contribution in [0, 0.1) is 5.82 Å². The molecular formula is C13H9FN2O2. The molecule has 1 aromatic heterocycles. The van der Waals surface area contributed by atoms with E-state index in [4.69, 9.17) is 0 Å². The predicted molar refractivity (Wildman–Crippen MR) is 65.5 cm³/mol. The van der Waals surface area contributed by atoms with Gasteiger partial charge in [-0.1, -0.05) is 6.07 Å². The van der Waals surface area contributed by atoms with Crippen molar-refractivity contribution in [3.8, 4) is 11.4 Å². The van der Waals surface area contributed by atoms with Gasteiger partial charge >= 0.3 is 5.69 Å². The van der Waals surface area contributed by atoms with Gasteiger partial charge in [-0.3, -0.25) is 4.57 Å². The average molecular weight is 244 g/mol. The lowest BCUT2D eigenvalue weighted by Crippen LogP contribution is -2.14. The minimum Gasteiger partial charge on any atom is -0.508 e. The largest absolute Gasteiger partial charge is 0.508 e. The quantitative estimate of drug-likeness (QED) is 0.689. The number of aromatic nitrogens is 2. The molecule has 0 amide bonds. The molecule has 0 fully saturated rings. The van der Waals surface area contributed by atoms with E-state index in [9.17, 15) is 14.3 Å². The van der Waals surface area contributed by atoms with Gasteiger partial charge in [0.05, 0.1) is 11.2 Å². The minimum absolute atomic E-state index is 0.0899. The topological polar surface area (TPSA) is 58.0 Å². The van der Waals surface area contributed by atoms with Crippen molar-refractivity contribution in [2.45, 2.75) is 0 Å². The molecule has 5 heteroatoms. The maximum Gasteiger partial charge on any atom is 0.331 e. The third-order valence-corrected chi connectivity index (χ3v) is 2.76. The summed E-state index contributed by atoms with van der Waals surface area (Å²) in [5, 5.41) is 9.22. The molecule has 0 unspecified atom stereocenters. The van der Waals surface area contributed by atoms with Crippen molar-refractivity contribution in [1.82, 2.24) is 9.55 Å². The second-order valence-electron chi connectivity index (χ2n) is 3.92. The second-order valence-corrected chi connectivity index (χ2v) is 3.92. The van der Waals surface area contributed by atoms with Crippen LogP contribution in [0.15, 0.2) is 47.3 Å². The van der Waals surface area contributed by atoms with Crippen molar-refractivity contribution in [2.75, 3.05) is 0 Å². The number of hydrogen-bond acceptors (Lipinski definition) is 2. The summed E-state index contributed by atoms with van der Waals surface area (Å²) >= 11 is 0. The lowest BCUT2D eigenvalue weighted by molar-refractivity contribution is 0.475. The molecular weight excluding hydrogens is 235 g/mol. The molecule has 18 heavy (non-hydrogen) atoms. The Morgan fingerprint density at radius 3 is 2.56 bits per heavy atom. The number of halogens is 1. The smallest absolute Gasteiger partial charge is 0.331 e. The summed E-state index contributed by atoms with van der Waals surface area (Å²) < 4.78 is 15.0. The molecule has 0 atom stereocenters. The summed E-state index contributed by atoms with van der Waals surface area (Å²) in [4.78, 5) is 14.4. The summed E-state index contributed by atoms with van der Waals surface area (Å²) in [5.74, 6) is -0.383. The number of rotatable bonds is 1. The number of phenols is 1. The van der Waals surface area contributed by atoms with Crippen LogP contribution in [0.1, 0.15) is 0 Å². The van der Waals surface area contributed by atoms with Gasteiger partial charge in [0.15, 0.2) is 0 Å². The fourth-order valence-electron chi connectivity index (χ4n) is 1.96. The van der Waals surface area contributed by atoms with Crippen LogP contribution < -0.4 is 5.69 Å². The van der Waals surface area contributed by atoms with E-state index >= 15 is 0 Å². The Morgan fingerprint density at radius 1 is 1.11 bits per heavy atom. The van der Waals surface area contributed by atoms with Gasteiger partial charge in [-0.2, -0.15) is 0 Å². The van der Waals surface area contributed by atoms with E-state index in [1.165, 1.54) is 28.8 Å². The van der Waals surface area contributed by atoms with Crippen LogP contribution in [-0.4, -0.2) is 14.7 Å². The van der Waals surface area contributed by atoms with Crippen molar-refractivity contribution in [1.29, 1.82) is 0 Å². The number of imidazole rings is 1. The van der Waals surface area contributed by atoms with Gasteiger partial charge in [0.25, 0.3) is 0 Å². The highest BCUT2D eigenvalue weighted by Crippen LogP contribution is 2.19. The minimum atomic E-state index is -0.473. The van der Waals surface area contributed by atoms with Crippen molar-refractivity contribution >= 4 is 11.0 Å². The first-order chi connectivity index (χ1) is 8.66. The van der Waals surface area contributed by atoms with Crippen molar-refractivity contribution in [2.24, 2.45) is 0 Å². The Balaban J connectivity index is 2.38. The van der Waals surface area contributed by atoms with Crippen LogP contribution in [-0.2, 0) is 0 Å². The van der Waals surface area contributed by atoms with Gasteiger partial charge in [0.2, 0.25) is 0 Å². The van der Waals surface area contributed by atoms with Gasteiger partial charge in [0.1, 0.15) is 17.1 Å². The van der Waals surface area contributed by atoms with Crippen molar-refractivity contribution in [3.63, 3.8) is 0 Å². The molecule has 3 aromatic rings. The Bertz CT molecular complexity index is 772. The average Bonchev–Trinajstić information content (AvgIpc) is 2.68. The molecule has 4 nitrogen and oxygen atoms in total. The predicted octanol–water partition coefficient (Wildman–Crippen LogP) is 2.16. The Labute approximate surface area is 101 Å². The molecule has 1 heterocycles. The van der Waals surface area contributed by atoms with Gasteiger partial charge in [0, 0.05) is 0 Å². The first-order valence-electron chi connectivity index (χ1n) is 5.35. The van der Waals surface area contributed by atoms with E-state index in [0.29, 0.717) is 11.2 Å². The van der Waals surface area contributed by atoms with Crippen LogP contribution >= 0.6 is 0 Å². The maximum absolute atomic E-state index is 13.8. The maximum atomic E-state index is 13.8. The highest BCUT2D eigenvalue weighted by Gasteiger charge is 2.12. The number of para-hydroxylation sites is 1. The summed E-state index contributed by atoms with van der Waals surface area (Å²) in [5.41, 5.74) is 0.719. The molecule has 0 saturated heterocycles. The molecule has 90 valence electrons. The second kappa shape index (κ2) is 3.73. The first kappa shape index (κ1) is 10.6. The first-order valence-corrected chi connectivity index (χ1v) is 5.35. The van der Waals surface area contributed by atoms with Crippen molar-refractivity contribution in [3.05, 3.63) is 58.8 Å². The SMILES string of the molecule is O=c1[nH]c2cccc(F)c2n1-c1ccc(O)cc1. The van der Waals surface area contributed by atoms with Gasteiger partial charge in [-0.05, 0) is 36.4 Å². The van der Waals surface area contributed by atoms with E-state index < -0.39 is 11.5 Å². The zero-order valence-corrected chi connectivity index (χ0v) is 9.22. The molecule has 0 saturated carbocycles. The molecule has 0 spiro atoms. The molecule has 0 aliphatic heterocycles. The monoisotopic (exact) mass is 244 g/mol. The molecule has 2 aromatic carbocycles. The molecule has 0 aliphatic rings. The van der Waals surface area contributed by atoms with Crippen LogP contribution in [0.4, 0.5) is 4.39 Å². The van der Waals surface area contributed by atoms with E-state index in [1.54, 1.807) is 18.2 Å². The fraction of sp³-hybridized carbons (Fsp3) is 0. The Morgan fingerprint density at radius 2 is 1.83 bits per heavy atom. The normalized spacial score (nSPS) is 10.9. The Kier molecular flexibility index (Phi) is 2.19. The zero-order chi connectivity index (χ0) is 12.7. The number of aromatic hydroxyl groups is 1. The molecule has 0 aliphatic carbocycles. The lowest BCUT2D eigenvalue weighted by atomic mass is 10.2. The third kappa shape index (κ3) is 1.48. The molecule has 2 N–H and O–H groups in total. The third-order valence-electron chi connectivity index (χ3n) is 2.76. The van der Waals surface area contributed by atoms with Crippen LogP contribution in [0.5, 0.6) is 5.75 Å². The number of phenolic OH excluding ortho intramolecular Hbond substituents is 1. The summed E-state index contributed by atoms with van der Waals surface area (Å²) in [6, 6.07) is 10.5. The lowest BCUT2D eigenvalue weighted by Gasteiger charge is -2.03. The molecule has 0 radical (unpaired) electrons. The highest BCUT2D eigenvalue weighted by atomic mass is 19.1. The van der Waals surface area contributed by atoms with Gasteiger partial charge < -0.3 is 10.1 Å². The Hall–Kier alpha value is -2.56. The van der Waals surface area contributed by atoms with E-state index in [0.717, 1.165) is 0 Å². The number of nitrogens with zero attached hydrogens (tertiary/aromatic N) is 1. The standard InChI is InChI=1S/C13H9FN2O2/c14-10-2-1-3-11-12(10)16(13(18)15-11)8-4-6-9(17)7-5-8/h1-7,17H,(H,15,18). The summed E-state index contributed by atoms with van der Waals surface area (Å²) in [6.45, 7) is 0. The van der Waals surface area contributed by atoms with Crippen LogP contribution in [0.3, 0.4) is 0 Å². The zero-order valence-electron chi connectivity index (χ0n) is 9.22. The number of benzene rings is 2. The van der Waals surface area contributed by atoms with Crippen LogP contribution in [0.25, 0.3) is 16.7 Å². The highest BCUT2D eigenvalue weighted by molar-refractivity contribution is 5.77. The summed E-state index contributed by atoms with van der Waals surface area (Å²) in [7, 11) is 0. The van der Waals surface area contributed by atoms with E-state index in [-0.39, 0.29) is 11.3 Å². The number of nitrogens with one attached hydrogen (secondary N) is 1.